The van der Waals surface area contributed by atoms with Crippen LogP contribution < -0.4 is 5.73 Å². The van der Waals surface area contributed by atoms with Crippen LogP contribution >= 0.6 is 0 Å². The Hall–Kier alpha value is -0.910. The average Bonchev–Trinajstić information content (AvgIpc) is 2.38. The molecule has 0 aromatic heterocycles. The first kappa shape index (κ1) is 16.5. The Morgan fingerprint density at radius 2 is 1.67 bits per heavy atom. The Kier molecular flexibility index (Phi) is 5.07. The van der Waals surface area contributed by atoms with Crippen LogP contribution in [0.5, 0.6) is 0 Å². The molecule has 0 bridgehead atoms. The van der Waals surface area contributed by atoms with Gasteiger partial charge in [-0.15, -0.1) is 0 Å². The fourth-order valence-corrected chi connectivity index (χ4v) is 5.26. The highest BCUT2D eigenvalue weighted by Crippen LogP contribution is 2.29. The summed E-state index contributed by atoms with van der Waals surface area (Å²) in [6, 6.07) is 3.89. The molecule has 2 rings (SSSR count). The van der Waals surface area contributed by atoms with Crippen molar-refractivity contribution in [2.24, 2.45) is 11.7 Å². The second-order valence-electron chi connectivity index (χ2n) is 6.15. The van der Waals surface area contributed by atoms with Crippen molar-refractivity contribution in [2.75, 3.05) is 19.6 Å². The van der Waals surface area contributed by atoms with Crippen LogP contribution in [0.25, 0.3) is 0 Å². The van der Waals surface area contributed by atoms with Crippen molar-refractivity contribution in [1.82, 2.24) is 4.31 Å². The lowest BCUT2D eigenvalue weighted by atomic mass is 9.95. The summed E-state index contributed by atoms with van der Waals surface area (Å²) in [5.74, 6) is 0.571. The lowest BCUT2D eigenvalue weighted by Crippen LogP contribution is -2.39. The minimum Gasteiger partial charge on any atom is -0.330 e. The maximum Gasteiger partial charge on any atom is 0.243 e. The Labute approximate surface area is 128 Å². The van der Waals surface area contributed by atoms with E-state index in [-0.39, 0.29) is 0 Å². The monoisotopic (exact) mass is 310 g/mol. The van der Waals surface area contributed by atoms with Crippen LogP contribution in [-0.2, 0) is 10.0 Å². The second-order valence-corrected chi connectivity index (χ2v) is 8.03. The third kappa shape index (κ3) is 3.47. The molecule has 4 nitrogen and oxygen atoms in total. The number of rotatable bonds is 4. The number of nitrogens with two attached hydrogens (primary N) is 1. The van der Waals surface area contributed by atoms with Gasteiger partial charge in [-0.3, -0.25) is 0 Å². The molecule has 1 aliphatic rings. The van der Waals surface area contributed by atoms with Gasteiger partial charge in [-0.05, 0) is 63.6 Å². The first-order valence-corrected chi connectivity index (χ1v) is 9.08. The zero-order valence-corrected chi connectivity index (χ0v) is 14.0. The molecule has 118 valence electrons. The van der Waals surface area contributed by atoms with Crippen molar-refractivity contribution in [2.45, 2.75) is 44.9 Å². The topological polar surface area (TPSA) is 63.4 Å². The van der Waals surface area contributed by atoms with Crippen LogP contribution in [0, 0.1) is 26.7 Å². The number of sulfonamides is 1. The van der Waals surface area contributed by atoms with Crippen molar-refractivity contribution >= 4 is 10.0 Å². The first-order valence-electron chi connectivity index (χ1n) is 7.64. The Bertz CT molecular complexity index is 580. The summed E-state index contributed by atoms with van der Waals surface area (Å²) < 4.78 is 27.5. The largest absolute Gasteiger partial charge is 0.330 e. The van der Waals surface area contributed by atoms with E-state index in [1.165, 1.54) is 0 Å². The smallest absolute Gasteiger partial charge is 0.243 e. The molecule has 1 aromatic carbocycles. The predicted octanol–water partition coefficient (Wildman–Crippen LogP) is 2.36. The van der Waals surface area contributed by atoms with Crippen LogP contribution in [-0.4, -0.2) is 32.4 Å². The first-order chi connectivity index (χ1) is 9.86. The van der Waals surface area contributed by atoms with Gasteiger partial charge in [0.25, 0.3) is 0 Å². The summed E-state index contributed by atoms with van der Waals surface area (Å²) >= 11 is 0. The highest BCUT2D eigenvalue weighted by molar-refractivity contribution is 7.89. The molecule has 1 fully saturated rings. The van der Waals surface area contributed by atoms with Crippen molar-refractivity contribution < 1.29 is 8.42 Å². The number of nitrogens with zero attached hydrogens (tertiary/aromatic N) is 1. The van der Waals surface area contributed by atoms with E-state index < -0.39 is 10.0 Å². The molecule has 0 spiro atoms. The zero-order chi connectivity index (χ0) is 15.6. The molecule has 21 heavy (non-hydrogen) atoms. The standard InChI is InChI=1S/C16H26N2O2S/c1-12-10-13(2)16(14(3)11-12)21(19,20)18-8-5-15(4-7-17)6-9-18/h10-11,15H,4-9,17H2,1-3H3. The van der Waals surface area contributed by atoms with Crippen LogP contribution in [0.2, 0.25) is 0 Å². The van der Waals surface area contributed by atoms with Gasteiger partial charge in [0.05, 0.1) is 4.90 Å². The molecule has 1 aromatic rings. The fourth-order valence-electron chi connectivity index (χ4n) is 3.38. The summed E-state index contributed by atoms with van der Waals surface area (Å²) in [6.45, 7) is 7.67. The van der Waals surface area contributed by atoms with Gasteiger partial charge in [0, 0.05) is 13.1 Å². The van der Waals surface area contributed by atoms with E-state index in [1.54, 1.807) is 4.31 Å². The molecule has 0 atom stereocenters. The molecule has 1 heterocycles. The molecule has 2 N–H and O–H groups in total. The van der Waals surface area contributed by atoms with Gasteiger partial charge in [0.15, 0.2) is 0 Å². The highest BCUT2D eigenvalue weighted by atomic mass is 32.2. The second kappa shape index (κ2) is 6.46. The van der Waals surface area contributed by atoms with Crippen LogP contribution in [0.1, 0.15) is 36.0 Å². The van der Waals surface area contributed by atoms with E-state index in [4.69, 9.17) is 5.73 Å². The van der Waals surface area contributed by atoms with E-state index in [1.807, 2.05) is 32.9 Å². The van der Waals surface area contributed by atoms with Crippen molar-refractivity contribution in [3.05, 3.63) is 28.8 Å². The minimum atomic E-state index is -3.38. The number of piperidine rings is 1. The van der Waals surface area contributed by atoms with Gasteiger partial charge in [0.1, 0.15) is 0 Å². The normalized spacial score (nSPS) is 18.1. The van der Waals surface area contributed by atoms with Gasteiger partial charge >= 0.3 is 0 Å². The summed E-state index contributed by atoms with van der Waals surface area (Å²) in [7, 11) is -3.38. The molecule has 0 saturated carbocycles. The highest BCUT2D eigenvalue weighted by Gasteiger charge is 2.31. The van der Waals surface area contributed by atoms with Crippen LogP contribution in [0.4, 0.5) is 0 Å². The number of aryl methyl sites for hydroxylation is 3. The molecule has 0 aliphatic carbocycles. The lowest BCUT2D eigenvalue weighted by molar-refractivity contribution is 0.265. The Morgan fingerprint density at radius 1 is 1.14 bits per heavy atom. The van der Waals surface area contributed by atoms with Crippen molar-refractivity contribution in [3.63, 3.8) is 0 Å². The number of hydrogen-bond donors (Lipinski definition) is 1. The van der Waals surface area contributed by atoms with Crippen LogP contribution in [0.15, 0.2) is 17.0 Å². The molecule has 0 radical (unpaired) electrons. The van der Waals surface area contributed by atoms with Gasteiger partial charge < -0.3 is 5.73 Å². The maximum absolute atomic E-state index is 12.9. The van der Waals surface area contributed by atoms with E-state index in [0.29, 0.717) is 30.4 Å². The van der Waals surface area contributed by atoms with E-state index in [9.17, 15) is 8.42 Å². The molecule has 0 amide bonds. The Balaban J connectivity index is 2.24. The molecular formula is C16H26N2O2S. The van der Waals surface area contributed by atoms with E-state index >= 15 is 0 Å². The van der Waals surface area contributed by atoms with Crippen LogP contribution in [0.3, 0.4) is 0 Å². The number of benzene rings is 1. The van der Waals surface area contributed by atoms with Crippen molar-refractivity contribution in [3.8, 4) is 0 Å². The average molecular weight is 310 g/mol. The van der Waals surface area contributed by atoms with Gasteiger partial charge in [-0.2, -0.15) is 4.31 Å². The molecule has 5 heteroatoms. The predicted molar refractivity (Wildman–Crippen MR) is 85.8 cm³/mol. The summed E-state index contributed by atoms with van der Waals surface area (Å²) in [4.78, 5) is 0.491. The van der Waals surface area contributed by atoms with Crippen molar-refractivity contribution in [1.29, 1.82) is 0 Å². The van der Waals surface area contributed by atoms with Gasteiger partial charge in [-0.1, -0.05) is 17.7 Å². The zero-order valence-electron chi connectivity index (χ0n) is 13.2. The minimum absolute atomic E-state index is 0.491. The summed E-state index contributed by atoms with van der Waals surface area (Å²) in [5, 5.41) is 0. The third-order valence-electron chi connectivity index (χ3n) is 4.35. The maximum atomic E-state index is 12.9. The van der Waals surface area contributed by atoms with Gasteiger partial charge in [0.2, 0.25) is 10.0 Å². The molecule has 1 aliphatic heterocycles. The molecular weight excluding hydrogens is 284 g/mol. The summed E-state index contributed by atoms with van der Waals surface area (Å²) in [6.07, 6.45) is 2.83. The summed E-state index contributed by atoms with van der Waals surface area (Å²) in [5.41, 5.74) is 8.38. The van der Waals surface area contributed by atoms with E-state index in [0.717, 1.165) is 36.0 Å². The molecule has 0 unspecified atom stereocenters. The Morgan fingerprint density at radius 3 is 2.14 bits per heavy atom. The SMILES string of the molecule is Cc1cc(C)c(S(=O)(=O)N2CCC(CCN)CC2)c(C)c1. The fraction of sp³-hybridized carbons (Fsp3) is 0.625. The van der Waals surface area contributed by atoms with Gasteiger partial charge in [-0.25, -0.2) is 8.42 Å². The quantitative estimate of drug-likeness (QED) is 0.928. The lowest BCUT2D eigenvalue weighted by Gasteiger charge is -2.32. The molecule has 1 saturated heterocycles. The third-order valence-corrected chi connectivity index (χ3v) is 6.56. The number of hydrogen-bond acceptors (Lipinski definition) is 3. The van der Waals surface area contributed by atoms with E-state index in [2.05, 4.69) is 0 Å².